The molecule has 2 amide bonds. The van der Waals surface area contributed by atoms with Gasteiger partial charge >= 0.3 is 0 Å². The van der Waals surface area contributed by atoms with E-state index in [0.29, 0.717) is 6.54 Å². The number of halogens is 2. The van der Waals surface area contributed by atoms with Crippen LogP contribution in [-0.4, -0.2) is 51.4 Å². The Labute approximate surface area is 243 Å². The van der Waals surface area contributed by atoms with Crippen LogP contribution in [0.3, 0.4) is 0 Å². The van der Waals surface area contributed by atoms with Gasteiger partial charge in [0, 0.05) is 22.6 Å². The number of hydrogen-bond donors (Lipinski definition) is 1. The van der Waals surface area contributed by atoms with Crippen molar-refractivity contribution in [1.82, 2.24) is 10.2 Å². The van der Waals surface area contributed by atoms with Crippen LogP contribution in [0, 0.1) is 6.92 Å². The third kappa shape index (κ3) is 7.52. The lowest BCUT2D eigenvalue weighted by Crippen LogP contribution is -2.51. The summed E-state index contributed by atoms with van der Waals surface area (Å²) in [4.78, 5) is 28.1. The van der Waals surface area contributed by atoms with E-state index < -0.39 is 28.5 Å². The molecule has 3 aromatic rings. The first-order chi connectivity index (χ1) is 18.5. The van der Waals surface area contributed by atoms with Crippen LogP contribution in [0.15, 0.2) is 76.1 Å². The van der Waals surface area contributed by atoms with Crippen LogP contribution in [0.25, 0.3) is 0 Å². The van der Waals surface area contributed by atoms with Gasteiger partial charge in [-0.3, -0.25) is 13.9 Å². The number of anilines is 1. The molecule has 1 N–H and O–H groups in total. The van der Waals surface area contributed by atoms with E-state index in [2.05, 4.69) is 21.2 Å². The second-order valence-electron chi connectivity index (χ2n) is 8.86. The van der Waals surface area contributed by atoms with Crippen LogP contribution in [-0.2, 0) is 26.2 Å². The number of ether oxygens (including phenoxy) is 1. The first-order valence-electron chi connectivity index (χ1n) is 12.2. The van der Waals surface area contributed by atoms with Gasteiger partial charge in [0.1, 0.15) is 18.3 Å². The monoisotopic (exact) mass is 635 g/mol. The number of nitrogens with zero attached hydrogens (tertiary/aromatic N) is 2. The minimum atomic E-state index is -4.24. The normalized spacial score (nSPS) is 11.9. The van der Waals surface area contributed by atoms with Crippen LogP contribution in [0.2, 0.25) is 5.02 Å². The number of carbonyl (C=O) groups is 2. The molecule has 11 heteroatoms. The van der Waals surface area contributed by atoms with Gasteiger partial charge in [0.05, 0.1) is 17.7 Å². The maximum Gasteiger partial charge on any atom is 0.264 e. The molecule has 1 atom stereocenters. The first kappa shape index (κ1) is 30.5. The Balaban J connectivity index is 2.09. The molecule has 0 heterocycles. The fourth-order valence-electron chi connectivity index (χ4n) is 3.90. The van der Waals surface area contributed by atoms with Crippen LogP contribution in [0.4, 0.5) is 5.69 Å². The molecule has 8 nitrogen and oxygen atoms in total. The zero-order valence-corrected chi connectivity index (χ0v) is 25.3. The van der Waals surface area contributed by atoms with Crippen LogP contribution < -0.4 is 14.4 Å². The van der Waals surface area contributed by atoms with Crippen LogP contribution in [0.5, 0.6) is 5.75 Å². The van der Waals surface area contributed by atoms with Gasteiger partial charge in [-0.15, -0.1) is 0 Å². The van der Waals surface area contributed by atoms with Gasteiger partial charge in [-0.2, -0.15) is 0 Å². The SMILES string of the molecule is CCNC(=O)C(C)N(Cc1ccc(Br)cc1)C(=O)CN(c1cc(Cl)ccc1OC)S(=O)(=O)c1ccc(C)cc1. The molecule has 208 valence electrons. The number of likely N-dealkylation sites (N-methyl/N-ethyl adjacent to an activating group) is 1. The maximum atomic E-state index is 14.0. The largest absolute Gasteiger partial charge is 0.495 e. The van der Waals surface area contributed by atoms with Crippen molar-refractivity contribution in [2.75, 3.05) is 24.5 Å². The lowest BCUT2D eigenvalue weighted by molar-refractivity contribution is -0.139. The predicted octanol–water partition coefficient (Wildman–Crippen LogP) is 5.17. The maximum absolute atomic E-state index is 14.0. The van der Waals surface area contributed by atoms with E-state index in [9.17, 15) is 18.0 Å². The quantitative estimate of drug-likeness (QED) is 0.314. The second-order valence-corrected chi connectivity index (χ2v) is 12.1. The van der Waals surface area contributed by atoms with Crippen molar-refractivity contribution in [3.63, 3.8) is 0 Å². The molecule has 0 radical (unpaired) electrons. The zero-order chi connectivity index (χ0) is 28.7. The zero-order valence-electron chi connectivity index (χ0n) is 22.1. The van der Waals surface area contributed by atoms with Crippen molar-refractivity contribution in [2.24, 2.45) is 0 Å². The topological polar surface area (TPSA) is 96.0 Å². The summed E-state index contributed by atoms with van der Waals surface area (Å²) in [7, 11) is -2.84. The van der Waals surface area contributed by atoms with Gasteiger partial charge in [0.2, 0.25) is 11.8 Å². The number of nitrogens with one attached hydrogen (secondary N) is 1. The molecular weight excluding hydrogens is 606 g/mol. The average molecular weight is 637 g/mol. The molecule has 39 heavy (non-hydrogen) atoms. The number of methoxy groups -OCH3 is 1. The van der Waals surface area contributed by atoms with Crippen molar-refractivity contribution >= 4 is 55.1 Å². The molecule has 0 aliphatic heterocycles. The van der Waals surface area contributed by atoms with Gasteiger partial charge < -0.3 is 15.0 Å². The van der Waals surface area contributed by atoms with Crippen molar-refractivity contribution in [1.29, 1.82) is 0 Å². The summed E-state index contributed by atoms with van der Waals surface area (Å²) in [5.74, 6) is -0.704. The average Bonchev–Trinajstić information content (AvgIpc) is 2.91. The molecule has 1 unspecified atom stereocenters. The Morgan fingerprint density at radius 1 is 1.05 bits per heavy atom. The Morgan fingerprint density at radius 3 is 2.28 bits per heavy atom. The summed E-state index contributed by atoms with van der Waals surface area (Å²) in [6.07, 6.45) is 0. The number of benzene rings is 3. The Hall–Kier alpha value is -3.08. The highest BCUT2D eigenvalue weighted by Crippen LogP contribution is 2.35. The molecular formula is C28H31BrClN3O5S. The van der Waals surface area contributed by atoms with E-state index in [0.717, 1.165) is 19.9 Å². The van der Waals surface area contributed by atoms with Gasteiger partial charge in [-0.25, -0.2) is 8.42 Å². The number of sulfonamides is 1. The van der Waals surface area contributed by atoms with Gasteiger partial charge in [0.25, 0.3) is 10.0 Å². The number of aryl methyl sites for hydroxylation is 1. The third-order valence-electron chi connectivity index (χ3n) is 6.08. The van der Waals surface area contributed by atoms with Crippen molar-refractivity contribution < 1.29 is 22.7 Å². The van der Waals surface area contributed by atoms with Gasteiger partial charge in [0.15, 0.2) is 0 Å². The van der Waals surface area contributed by atoms with E-state index >= 15 is 0 Å². The number of rotatable bonds is 11. The summed E-state index contributed by atoms with van der Waals surface area (Å²) in [6, 6.07) is 17.3. The number of carbonyl (C=O) groups excluding carboxylic acids is 2. The molecule has 3 rings (SSSR count). The Kier molecular flexibility index (Phi) is 10.4. The minimum absolute atomic E-state index is 0.000775. The van der Waals surface area contributed by atoms with Crippen molar-refractivity contribution in [3.8, 4) is 5.75 Å². The molecule has 0 bridgehead atoms. The second kappa shape index (κ2) is 13.3. The third-order valence-corrected chi connectivity index (χ3v) is 8.62. The van der Waals surface area contributed by atoms with Crippen LogP contribution >= 0.6 is 27.5 Å². The standard InChI is InChI=1S/C28H31BrClN3O5S/c1-5-31-28(35)20(3)32(17-21-8-10-22(29)11-9-21)27(34)18-33(25-16-23(30)12-15-26(25)38-4)39(36,37)24-13-6-19(2)7-14-24/h6-16,20H,5,17-18H2,1-4H3,(H,31,35). The molecule has 0 aliphatic rings. The summed E-state index contributed by atoms with van der Waals surface area (Å²) in [5, 5.41) is 3.01. The lowest BCUT2D eigenvalue weighted by Gasteiger charge is -2.32. The summed E-state index contributed by atoms with van der Waals surface area (Å²) < 4.78 is 35.2. The lowest BCUT2D eigenvalue weighted by atomic mass is 10.1. The highest BCUT2D eigenvalue weighted by atomic mass is 79.9. The summed E-state index contributed by atoms with van der Waals surface area (Å²) >= 11 is 9.65. The minimum Gasteiger partial charge on any atom is -0.495 e. The fraction of sp³-hybridized carbons (Fsp3) is 0.286. The number of hydrogen-bond acceptors (Lipinski definition) is 5. The van der Waals surface area contributed by atoms with Crippen molar-refractivity contribution in [2.45, 2.75) is 38.3 Å². The Bertz CT molecular complexity index is 1420. The van der Waals surface area contributed by atoms with E-state index in [1.54, 1.807) is 32.0 Å². The molecule has 0 aromatic heterocycles. The van der Waals surface area contributed by atoms with E-state index in [1.807, 2.05) is 31.2 Å². The van der Waals surface area contributed by atoms with Gasteiger partial charge in [-0.05, 0) is 68.8 Å². The molecule has 0 saturated heterocycles. The van der Waals surface area contributed by atoms with Gasteiger partial charge in [-0.1, -0.05) is 57.4 Å². The predicted molar refractivity (Wildman–Crippen MR) is 157 cm³/mol. The molecule has 0 fully saturated rings. The van der Waals surface area contributed by atoms with Crippen LogP contribution in [0.1, 0.15) is 25.0 Å². The molecule has 0 aliphatic carbocycles. The van der Waals surface area contributed by atoms with E-state index in [-0.39, 0.29) is 33.8 Å². The molecule has 0 spiro atoms. The highest BCUT2D eigenvalue weighted by molar-refractivity contribution is 9.10. The fourth-order valence-corrected chi connectivity index (χ4v) is 5.75. The molecule has 0 saturated carbocycles. The summed E-state index contributed by atoms with van der Waals surface area (Å²) in [5.41, 5.74) is 1.76. The van der Waals surface area contributed by atoms with Crippen molar-refractivity contribution in [3.05, 3.63) is 87.4 Å². The smallest absolute Gasteiger partial charge is 0.264 e. The highest BCUT2D eigenvalue weighted by Gasteiger charge is 2.34. The number of amides is 2. The summed E-state index contributed by atoms with van der Waals surface area (Å²) in [6.45, 7) is 5.13. The van der Waals surface area contributed by atoms with E-state index in [1.165, 1.54) is 36.3 Å². The van der Waals surface area contributed by atoms with E-state index in [4.69, 9.17) is 16.3 Å². The Morgan fingerprint density at radius 2 is 1.69 bits per heavy atom. The molecule has 3 aromatic carbocycles. The first-order valence-corrected chi connectivity index (χ1v) is 14.8.